The normalized spacial score (nSPS) is 11.2. The fourth-order valence-electron chi connectivity index (χ4n) is 1.68. The van der Waals surface area contributed by atoms with Gasteiger partial charge in [-0.2, -0.15) is 4.98 Å². The molecule has 2 aromatic rings. The number of halogens is 2. The lowest BCUT2D eigenvalue weighted by atomic mass is 10.2. The van der Waals surface area contributed by atoms with E-state index >= 15 is 0 Å². The second kappa shape index (κ2) is 6.34. The first-order valence-electron chi connectivity index (χ1n) is 5.72. The lowest BCUT2D eigenvalue weighted by Crippen LogP contribution is -2.18. The highest BCUT2D eigenvalue weighted by Gasteiger charge is 2.09. The fourth-order valence-corrected chi connectivity index (χ4v) is 2.00. The van der Waals surface area contributed by atoms with E-state index in [2.05, 4.69) is 10.1 Å². The molecule has 0 aliphatic carbocycles. The van der Waals surface area contributed by atoms with Crippen LogP contribution >= 0.6 is 23.2 Å². The van der Waals surface area contributed by atoms with Crippen LogP contribution in [0.25, 0.3) is 0 Å². The first kappa shape index (κ1) is 14.3. The summed E-state index contributed by atoms with van der Waals surface area (Å²) in [7, 11) is 1.96. The molecule has 19 heavy (non-hydrogen) atoms. The van der Waals surface area contributed by atoms with Crippen molar-refractivity contribution in [3.05, 3.63) is 45.5 Å². The maximum absolute atomic E-state index is 5.98. The summed E-state index contributed by atoms with van der Waals surface area (Å²) in [6.45, 7) is 1.54. The van der Waals surface area contributed by atoms with Crippen LogP contribution in [0.3, 0.4) is 0 Å². The van der Waals surface area contributed by atoms with Crippen LogP contribution in [0.1, 0.15) is 17.3 Å². The molecule has 0 radical (unpaired) electrons. The first-order valence-corrected chi connectivity index (χ1v) is 6.48. The van der Waals surface area contributed by atoms with Gasteiger partial charge in [0, 0.05) is 6.54 Å². The Hall–Kier alpha value is -1.14. The lowest BCUT2D eigenvalue weighted by Gasteiger charge is -2.14. The second-order valence-corrected chi connectivity index (χ2v) is 5.04. The van der Waals surface area contributed by atoms with Crippen molar-refractivity contribution < 1.29 is 4.52 Å². The number of hydrogen-bond donors (Lipinski definition) is 1. The van der Waals surface area contributed by atoms with Crippen molar-refractivity contribution in [1.82, 2.24) is 15.0 Å². The van der Waals surface area contributed by atoms with Crippen LogP contribution in [-0.2, 0) is 19.6 Å². The highest BCUT2D eigenvalue weighted by Crippen LogP contribution is 2.23. The zero-order chi connectivity index (χ0) is 13.8. The van der Waals surface area contributed by atoms with Crippen molar-refractivity contribution in [3.63, 3.8) is 0 Å². The molecule has 0 aliphatic heterocycles. The van der Waals surface area contributed by atoms with Gasteiger partial charge in [0.1, 0.15) is 0 Å². The van der Waals surface area contributed by atoms with Crippen molar-refractivity contribution in [2.24, 2.45) is 5.73 Å². The molecule has 1 aromatic carbocycles. The van der Waals surface area contributed by atoms with E-state index in [1.54, 1.807) is 6.07 Å². The minimum Gasteiger partial charge on any atom is -0.338 e. The van der Waals surface area contributed by atoms with Gasteiger partial charge in [-0.05, 0) is 24.7 Å². The molecule has 7 heteroatoms. The van der Waals surface area contributed by atoms with Crippen molar-refractivity contribution in [2.45, 2.75) is 19.6 Å². The zero-order valence-electron chi connectivity index (χ0n) is 10.4. The van der Waals surface area contributed by atoms with Crippen LogP contribution in [-0.4, -0.2) is 22.1 Å². The Kier molecular flexibility index (Phi) is 4.76. The smallest absolute Gasteiger partial charge is 0.240 e. The van der Waals surface area contributed by atoms with Crippen LogP contribution in [0, 0.1) is 0 Å². The van der Waals surface area contributed by atoms with Gasteiger partial charge in [-0.25, -0.2) is 0 Å². The van der Waals surface area contributed by atoms with Gasteiger partial charge < -0.3 is 10.3 Å². The molecule has 0 fully saturated rings. The summed E-state index contributed by atoms with van der Waals surface area (Å²) in [5.74, 6) is 1.06. The zero-order valence-corrected chi connectivity index (χ0v) is 11.9. The van der Waals surface area contributed by atoms with E-state index in [9.17, 15) is 0 Å². The van der Waals surface area contributed by atoms with Crippen LogP contribution in [0.4, 0.5) is 0 Å². The molecule has 0 saturated heterocycles. The lowest BCUT2D eigenvalue weighted by molar-refractivity contribution is 0.300. The van der Waals surface area contributed by atoms with Crippen LogP contribution in [0.5, 0.6) is 0 Å². The van der Waals surface area contributed by atoms with Crippen LogP contribution in [0.15, 0.2) is 22.7 Å². The van der Waals surface area contributed by atoms with Gasteiger partial charge in [0.05, 0.1) is 23.1 Å². The minimum absolute atomic E-state index is 0.253. The molecule has 2 N–H and O–H groups in total. The summed E-state index contributed by atoms with van der Waals surface area (Å²) in [4.78, 5) is 6.20. The first-order chi connectivity index (χ1) is 9.08. The molecular weight excluding hydrogens is 287 g/mol. The van der Waals surface area contributed by atoms with E-state index in [-0.39, 0.29) is 6.54 Å². The van der Waals surface area contributed by atoms with Gasteiger partial charge in [0.25, 0.3) is 0 Å². The summed E-state index contributed by atoms with van der Waals surface area (Å²) in [6, 6.07) is 5.57. The molecule has 2 rings (SSSR count). The molecule has 1 aromatic heterocycles. The second-order valence-electron chi connectivity index (χ2n) is 4.23. The molecule has 102 valence electrons. The maximum atomic E-state index is 5.98. The van der Waals surface area contributed by atoms with E-state index in [0.717, 1.165) is 5.56 Å². The number of rotatable bonds is 5. The number of hydrogen-bond acceptors (Lipinski definition) is 5. The van der Waals surface area contributed by atoms with E-state index < -0.39 is 0 Å². The summed E-state index contributed by atoms with van der Waals surface area (Å²) >= 11 is 11.9. The van der Waals surface area contributed by atoms with Gasteiger partial charge in [-0.3, -0.25) is 4.90 Å². The quantitative estimate of drug-likeness (QED) is 0.919. The van der Waals surface area contributed by atoms with Crippen molar-refractivity contribution in [2.75, 3.05) is 7.05 Å². The van der Waals surface area contributed by atoms with Gasteiger partial charge >= 0.3 is 0 Å². The van der Waals surface area contributed by atoms with Gasteiger partial charge in [0.2, 0.25) is 5.89 Å². The van der Waals surface area contributed by atoms with E-state index in [1.807, 2.05) is 24.1 Å². The topological polar surface area (TPSA) is 68.2 Å². The van der Waals surface area contributed by atoms with Crippen molar-refractivity contribution in [3.8, 4) is 0 Å². The Morgan fingerprint density at radius 3 is 2.68 bits per heavy atom. The van der Waals surface area contributed by atoms with E-state index in [1.165, 1.54) is 0 Å². The molecule has 5 nitrogen and oxygen atoms in total. The molecule has 0 amide bonds. The third-order valence-corrected chi connectivity index (χ3v) is 3.27. The maximum Gasteiger partial charge on any atom is 0.240 e. The molecule has 0 spiro atoms. The van der Waals surface area contributed by atoms with Crippen molar-refractivity contribution >= 4 is 23.2 Å². The third kappa shape index (κ3) is 3.91. The van der Waals surface area contributed by atoms with Gasteiger partial charge in [-0.1, -0.05) is 34.4 Å². The minimum atomic E-state index is 0.253. The van der Waals surface area contributed by atoms with Crippen LogP contribution < -0.4 is 5.73 Å². The molecule has 0 saturated carbocycles. The van der Waals surface area contributed by atoms with E-state index in [4.69, 9.17) is 33.5 Å². The number of nitrogens with zero attached hydrogens (tertiary/aromatic N) is 3. The molecule has 0 unspecified atom stereocenters. The largest absolute Gasteiger partial charge is 0.338 e. The molecule has 0 bridgehead atoms. The summed E-state index contributed by atoms with van der Waals surface area (Å²) in [6.07, 6.45) is 0. The third-order valence-electron chi connectivity index (χ3n) is 2.53. The summed E-state index contributed by atoms with van der Waals surface area (Å²) in [5.41, 5.74) is 6.48. The average Bonchev–Trinajstić information content (AvgIpc) is 2.81. The summed E-state index contributed by atoms with van der Waals surface area (Å²) in [5, 5.41) is 4.95. The number of benzene rings is 1. The Bertz CT molecular complexity index is 558. The molecule has 0 aliphatic rings. The molecular formula is C12H14Cl2N4O. The number of aromatic nitrogens is 2. The van der Waals surface area contributed by atoms with Crippen LogP contribution in [0.2, 0.25) is 10.0 Å². The monoisotopic (exact) mass is 300 g/mol. The fraction of sp³-hybridized carbons (Fsp3) is 0.333. The van der Waals surface area contributed by atoms with E-state index in [0.29, 0.717) is 34.8 Å². The highest BCUT2D eigenvalue weighted by molar-refractivity contribution is 6.42. The average molecular weight is 301 g/mol. The predicted octanol–water partition coefficient (Wildman–Crippen LogP) is 2.47. The van der Waals surface area contributed by atoms with Gasteiger partial charge in [0.15, 0.2) is 5.82 Å². The predicted molar refractivity (Wildman–Crippen MR) is 73.8 cm³/mol. The Balaban J connectivity index is 1.96. The standard InChI is InChI=1S/C12H14Cl2N4O/c1-18(7-11-16-12(5-15)19-17-11)6-8-2-3-9(13)10(14)4-8/h2-4H,5-7,15H2,1H3. The van der Waals surface area contributed by atoms with Gasteiger partial charge in [-0.15, -0.1) is 0 Å². The molecule has 0 atom stereocenters. The molecule has 1 heterocycles. The Morgan fingerprint density at radius 2 is 2.05 bits per heavy atom. The Morgan fingerprint density at radius 1 is 1.26 bits per heavy atom. The van der Waals surface area contributed by atoms with Crippen molar-refractivity contribution in [1.29, 1.82) is 0 Å². The Labute approximate surface area is 121 Å². The SMILES string of the molecule is CN(Cc1ccc(Cl)c(Cl)c1)Cc1noc(CN)n1. The number of nitrogens with two attached hydrogens (primary N) is 1. The summed E-state index contributed by atoms with van der Waals surface area (Å²) < 4.78 is 4.95. The highest BCUT2D eigenvalue weighted by atomic mass is 35.5.